The van der Waals surface area contributed by atoms with Crippen molar-refractivity contribution in [3.63, 3.8) is 0 Å². The smallest absolute Gasteiger partial charge is 0.375 e. The van der Waals surface area contributed by atoms with Gasteiger partial charge < -0.3 is 23.9 Å². The summed E-state index contributed by atoms with van der Waals surface area (Å²) < 4.78 is 21.6. The monoisotopic (exact) mass is 411 g/mol. The molecule has 7 heteroatoms. The van der Waals surface area contributed by atoms with Crippen LogP contribution in [0, 0.1) is 0 Å². The Morgan fingerprint density at radius 3 is 2.50 bits per heavy atom. The Bertz CT molecular complexity index is 1010. The molecule has 1 N–H and O–H groups in total. The van der Waals surface area contributed by atoms with Gasteiger partial charge in [0, 0.05) is 17.5 Å². The number of benzene rings is 2. The Hall–Kier alpha value is -3.32. The lowest BCUT2D eigenvalue weighted by atomic mass is 10.1. The lowest BCUT2D eigenvalue weighted by Crippen LogP contribution is -2.28. The number of methoxy groups -OCH3 is 1. The summed E-state index contributed by atoms with van der Waals surface area (Å²) in [7, 11) is 1.59. The van der Waals surface area contributed by atoms with E-state index in [-0.39, 0.29) is 18.5 Å². The predicted octanol–water partition coefficient (Wildman–Crippen LogP) is 3.84. The number of hydrogen-bond donors (Lipinski definition) is 1. The van der Waals surface area contributed by atoms with Crippen LogP contribution in [0.5, 0.6) is 5.75 Å². The Morgan fingerprint density at radius 1 is 1.07 bits per heavy atom. The first kappa shape index (κ1) is 21.4. The summed E-state index contributed by atoms with van der Waals surface area (Å²) in [6.07, 6.45) is -0.00809. The minimum Gasteiger partial charge on any atom is -0.497 e. The van der Waals surface area contributed by atoms with Crippen LogP contribution in [0.15, 0.2) is 52.9 Å². The van der Waals surface area contributed by atoms with Crippen molar-refractivity contribution in [3.05, 3.63) is 65.4 Å². The van der Waals surface area contributed by atoms with Gasteiger partial charge >= 0.3 is 5.97 Å². The first-order valence-electron chi connectivity index (χ1n) is 9.66. The third-order valence-electron chi connectivity index (χ3n) is 4.43. The lowest BCUT2D eigenvalue weighted by molar-refractivity contribution is -0.124. The molecular formula is C23H25NO6. The fraction of sp³-hybridized carbons (Fsp3) is 0.304. The molecule has 0 aliphatic rings. The van der Waals surface area contributed by atoms with Crippen molar-refractivity contribution < 1.29 is 28.2 Å². The van der Waals surface area contributed by atoms with Crippen LogP contribution >= 0.6 is 0 Å². The lowest BCUT2D eigenvalue weighted by Gasteiger charge is -2.09. The fourth-order valence-electron chi connectivity index (χ4n) is 2.85. The molecule has 0 atom stereocenters. The number of esters is 1. The van der Waals surface area contributed by atoms with Crippen molar-refractivity contribution in [2.45, 2.75) is 33.1 Å². The molecule has 2 aromatic carbocycles. The minimum atomic E-state index is -0.701. The highest BCUT2D eigenvalue weighted by molar-refractivity contribution is 5.96. The Morgan fingerprint density at radius 2 is 1.80 bits per heavy atom. The highest BCUT2D eigenvalue weighted by atomic mass is 16.5. The minimum absolute atomic E-state index is 0.00809. The molecular weight excluding hydrogens is 386 g/mol. The van der Waals surface area contributed by atoms with Crippen LogP contribution in [-0.2, 0) is 27.4 Å². The molecule has 0 spiro atoms. The molecule has 0 fully saturated rings. The van der Waals surface area contributed by atoms with E-state index in [1.165, 1.54) is 0 Å². The number of carbonyl (C=O) groups excluding carboxylic acids is 2. The van der Waals surface area contributed by atoms with Gasteiger partial charge in [-0.25, -0.2) is 4.79 Å². The van der Waals surface area contributed by atoms with Gasteiger partial charge in [-0.15, -0.1) is 0 Å². The molecule has 30 heavy (non-hydrogen) atoms. The summed E-state index contributed by atoms with van der Waals surface area (Å²) in [5.41, 5.74) is 2.08. The summed E-state index contributed by atoms with van der Waals surface area (Å²) in [6.45, 7) is 3.94. The first-order chi connectivity index (χ1) is 14.5. The Balaban J connectivity index is 1.60. The highest BCUT2D eigenvalue weighted by Crippen LogP contribution is 2.27. The van der Waals surface area contributed by atoms with Crippen LogP contribution in [0.1, 0.15) is 35.5 Å². The molecule has 0 unspecified atom stereocenters. The zero-order chi connectivity index (χ0) is 21.5. The van der Waals surface area contributed by atoms with Gasteiger partial charge in [-0.1, -0.05) is 30.3 Å². The molecule has 3 rings (SSSR count). The van der Waals surface area contributed by atoms with Gasteiger partial charge in [0.05, 0.1) is 19.8 Å². The summed E-state index contributed by atoms with van der Waals surface area (Å²) in [4.78, 5) is 24.6. The number of amides is 1. The van der Waals surface area contributed by atoms with Gasteiger partial charge in [0.15, 0.2) is 6.61 Å². The molecule has 1 amide bonds. The van der Waals surface area contributed by atoms with Crippen LogP contribution in [0.4, 0.5) is 0 Å². The molecule has 0 radical (unpaired) electrons. The van der Waals surface area contributed by atoms with Crippen molar-refractivity contribution in [3.8, 4) is 5.75 Å². The van der Waals surface area contributed by atoms with Crippen molar-refractivity contribution in [2.24, 2.45) is 0 Å². The topological polar surface area (TPSA) is 87.0 Å². The molecule has 0 saturated carbocycles. The summed E-state index contributed by atoms with van der Waals surface area (Å²) in [5.74, 6) is -0.315. The molecule has 3 aromatic rings. The molecule has 158 valence electrons. The number of ether oxygens (including phenoxy) is 3. The van der Waals surface area contributed by atoms with E-state index in [1.54, 1.807) is 13.2 Å². The third kappa shape index (κ3) is 5.39. The molecule has 1 aromatic heterocycles. The van der Waals surface area contributed by atoms with Crippen LogP contribution in [0.3, 0.4) is 0 Å². The third-order valence-corrected chi connectivity index (χ3v) is 4.43. The van der Waals surface area contributed by atoms with Gasteiger partial charge in [-0.2, -0.15) is 0 Å². The molecule has 7 nitrogen and oxygen atoms in total. The number of fused-ring (bicyclic) bond motifs is 1. The largest absolute Gasteiger partial charge is 0.497 e. The van der Waals surface area contributed by atoms with E-state index in [1.807, 2.05) is 56.3 Å². The second-order valence-electron chi connectivity index (χ2n) is 6.97. The maximum absolute atomic E-state index is 12.6. The number of hydrogen-bond acceptors (Lipinski definition) is 6. The van der Waals surface area contributed by atoms with Gasteiger partial charge in [0.25, 0.3) is 5.91 Å². The average molecular weight is 411 g/mol. The van der Waals surface area contributed by atoms with Crippen LogP contribution < -0.4 is 10.1 Å². The zero-order valence-electron chi connectivity index (χ0n) is 17.3. The van der Waals surface area contributed by atoms with E-state index in [9.17, 15) is 9.59 Å². The van der Waals surface area contributed by atoms with Crippen LogP contribution in [-0.4, -0.2) is 31.7 Å². The zero-order valence-corrected chi connectivity index (χ0v) is 17.3. The molecule has 0 aliphatic heterocycles. The maximum atomic E-state index is 12.6. The average Bonchev–Trinajstić information content (AvgIpc) is 3.13. The van der Waals surface area contributed by atoms with Crippen molar-refractivity contribution in [1.82, 2.24) is 5.32 Å². The molecule has 0 bridgehead atoms. The van der Waals surface area contributed by atoms with Gasteiger partial charge in [-0.3, -0.25) is 4.79 Å². The van der Waals surface area contributed by atoms with E-state index in [0.29, 0.717) is 17.7 Å². The number of para-hydroxylation sites is 1. The summed E-state index contributed by atoms with van der Waals surface area (Å²) in [5, 5.41) is 3.50. The van der Waals surface area contributed by atoms with E-state index >= 15 is 0 Å². The normalized spacial score (nSPS) is 10.9. The van der Waals surface area contributed by atoms with Crippen molar-refractivity contribution >= 4 is 22.8 Å². The Kier molecular flexibility index (Phi) is 7.08. The molecule has 0 saturated heterocycles. The fourth-order valence-corrected chi connectivity index (χ4v) is 2.85. The highest BCUT2D eigenvalue weighted by Gasteiger charge is 2.23. The summed E-state index contributed by atoms with van der Waals surface area (Å²) >= 11 is 0. The number of furan rings is 1. The first-order valence-corrected chi connectivity index (χ1v) is 9.66. The van der Waals surface area contributed by atoms with Crippen molar-refractivity contribution in [2.75, 3.05) is 13.7 Å². The second-order valence-corrected chi connectivity index (χ2v) is 6.97. The van der Waals surface area contributed by atoms with E-state index < -0.39 is 18.5 Å². The van der Waals surface area contributed by atoms with E-state index in [2.05, 4.69) is 5.32 Å². The maximum Gasteiger partial charge on any atom is 0.375 e. The van der Waals surface area contributed by atoms with Crippen molar-refractivity contribution in [1.29, 1.82) is 0 Å². The molecule has 0 aliphatic carbocycles. The van der Waals surface area contributed by atoms with Gasteiger partial charge in [0.2, 0.25) is 5.76 Å². The molecule has 1 heterocycles. The summed E-state index contributed by atoms with van der Waals surface area (Å²) in [6, 6.07) is 14.6. The van der Waals surface area contributed by atoms with E-state index in [0.717, 1.165) is 16.7 Å². The second kappa shape index (κ2) is 9.93. The van der Waals surface area contributed by atoms with Gasteiger partial charge in [0.1, 0.15) is 11.3 Å². The van der Waals surface area contributed by atoms with Crippen LogP contribution in [0.2, 0.25) is 0 Å². The SMILES string of the molecule is COc1ccc(CNC(=O)COC(=O)c2oc3ccccc3c2COC(C)C)cc1. The predicted molar refractivity (Wildman–Crippen MR) is 111 cm³/mol. The van der Waals surface area contributed by atoms with E-state index in [4.69, 9.17) is 18.6 Å². The quantitative estimate of drug-likeness (QED) is 0.539. The number of carbonyl (C=O) groups is 2. The standard InChI is InChI=1S/C23H25NO6/c1-15(2)28-13-19-18-6-4-5-7-20(18)30-22(19)23(26)29-14-21(25)24-12-16-8-10-17(27-3)11-9-16/h4-11,15H,12-14H2,1-3H3,(H,24,25). The number of nitrogens with one attached hydrogen (secondary N) is 1. The van der Waals surface area contributed by atoms with Gasteiger partial charge in [-0.05, 0) is 37.6 Å². The number of rotatable bonds is 9. The van der Waals surface area contributed by atoms with Crippen LogP contribution in [0.25, 0.3) is 11.0 Å². The Labute approximate surface area is 174 Å².